The van der Waals surface area contributed by atoms with Gasteiger partial charge in [0.05, 0.1) is 23.7 Å². The van der Waals surface area contributed by atoms with Gasteiger partial charge in [-0.3, -0.25) is 14.4 Å². The molecule has 0 aromatic heterocycles. The number of rotatable bonds is 8. The average Bonchev–Trinajstić information content (AvgIpc) is 3.61. The molecule has 1 saturated heterocycles. The van der Waals surface area contributed by atoms with Crippen molar-refractivity contribution in [2.45, 2.75) is 161 Å². The van der Waals surface area contributed by atoms with Gasteiger partial charge in [-0.05, 0) is 169 Å². The summed E-state index contributed by atoms with van der Waals surface area (Å²) in [5.41, 5.74) is -1.51. The lowest BCUT2D eigenvalue weighted by atomic mass is 9.49. The van der Waals surface area contributed by atoms with E-state index in [4.69, 9.17) is 16.3 Å². The van der Waals surface area contributed by atoms with Crippen molar-refractivity contribution in [2.75, 3.05) is 13.1 Å². The highest BCUT2D eigenvalue weighted by atomic mass is 35.5. The van der Waals surface area contributed by atoms with E-state index in [0.717, 1.165) is 36.8 Å². The average molecular weight is 843 g/mol. The van der Waals surface area contributed by atoms with Crippen LogP contribution in [0, 0.1) is 45.2 Å². The molecule has 324 valence electrons. The normalized spacial score (nSPS) is 39.0. The van der Waals surface area contributed by atoms with Crippen molar-refractivity contribution in [3.63, 3.8) is 0 Å². The molecule has 7 fully saturated rings. The maximum atomic E-state index is 15.7. The largest absolute Gasteiger partial charge is 0.448 e. The predicted octanol–water partition coefficient (Wildman–Crippen LogP) is 10.1. The summed E-state index contributed by atoms with van der Waals surface area (Å²) in [4.78, 5) is 45.8. The van der Waals surface area contributed by atoms with E-state index in [9.17, 15) is 19.8 Å². The van der Waals surface area contributed by atoms with Crippen molar-refractivity contribution in [1.82, 2.24) is 4.90 Å². The summed E-state index contributed by atoms with van der Waals surface area (Å²) in [6.07, 6.45) is 13.6. The predicted molar refractivity (Wildman–Crippen MR) is 230 cm³/mol. The van der Waals surface area contributed by atoms with E-state index in [1.54, 1.807) is 6.07 Å². The molecule has 0 radical (unpaired) electrons. The van der Waals surface area contributed by atoms with Crippen molar-refractivity contribution >= 4 is 29.3 Å². The van der Waals surface area contributed by atoms with Crippen molar-refractivity contribution in [3.8, 4) is 0 Å². The van der Waals surface area contributed by atoms with E-state index in [1.807, 2.05) is 43.9 Å². The van der Waals surface area contributed by atoms with E-state index in [0.29, 0.717) is 81.2 Å². The van der Waals surface area contributed by atoms with E-state index < -0.39 is 39.4 Å². The Kier molecular flexibility index (Phi) is 10.4. The standard InChI is InChI=1S/C51H65ClFNO6/c1-31-8-7-16-47(4)40(37-14-12-32(23-36(55)13-11-31)24-38(37)43(56)25-39-41(52)9-6-10-42(39)53)15-17-50(47,59)30-54(29-49-26-33-20-34(27-49)22-35(21-33)28-49)44(57)51-19-18-48(5,45(58)60-51)46(51,2)3/h6,8-10,12,14,24,33-36,40,55,59H,7,11,13,15-23,25-30H2,1-5H3/t33?,34?,35?,36-,40-,47-,48-,49?,50+,51+/m0/s1. The number of carbonyl (C=O) groups is 3. The minimum absolute atomic E-state index is 0.0257. The number of fused-ring (bicyclic) bond motifs is 10. The zero-order valence-electron chi connectivity index (χ0n) is 36.4. The van der Waals surface area contributed by atoms with Gasteiger partial charge in [-0.25, -0.2) is 4.39 Å². The number of benzene rings is 2. The van der Waals surface area contributed by atoms with Crippen LogP contribution >= 0.6 is 11.6 Å². The zero-order chi connectivity index (χ0) is 42.6. The lowest BCUT2D eigenvalue weighted by Crippen LogP contribution is -2.63. The van der Waals surface area contributed by atoms with Crippen molar-refractivity contribution in [2.24, 2.45) is 39.4 Å². The number of nitrogens with zero attached hydrogens (tertiary/aromatic N) is 1. The van der Waals surface area contributed by atoms with Crippen LogP contribution in [0.25, 0.3) is 0 Å². The minimum atomic E-state index is -1.34. The third-order valence-corrected chi connectivity index (χ3v) is 18.6. The summed E-state index contributed by atoms with van der Waals surface area (Å²) in [7, 11) is 0. The fourth-order valence-corrected chi connectivity index (χ4v) is 14.8. The van der Waals surface area contributed by atoms with Crippen molar-refractivity contribution < 1.29 is 33.7 Å². The van der Waals surface area contributed by atoms with Crippen LogP contribution in [0.1, 0.15) is 157 Å². The fourth-order valence-electron chi connectivity index (χ4n) is 14.6. The van der Waals surface area contributed by atoms with E-state index >= 15 is 9.18 Å². The number of ketones is 1. The lowest BCUT2D eigenvalue weighted by Gasteiger charge is -2.58. The minimum Gasteiger partial charge on any atom is -0.448 e. The summed E-state index contributed by atoms with van der Waals surface area (Å²) >= 11 is 6.47. The molecular formula is C51H65ClFNO6. The van der Waals surface area contributed by atoms with E-state index in [2.05, 4.69) is 19.9 Å². The smallest absolute Gasteiger partial charge is 0.313 e. The maximum absolute atomic E-state index is 15.7. The molecule has 1 amide bonds. The number of amides is 1. The first kappa shape index (κ1) is 42.2. The van der Waals surface area contributed by atoms with Crippen LogP contribution in [-0.4, -0.2) is 63.2 Å². The van der Waals surface area contributed by atoms with Crippen LogP contribution in [-0.2, 0) is 27.2 Å². The summed E-state index contributed by atoms with van der Waals surface area (Å²) in [6.45, 7) is 10.9. The molecule has 0 unspecified atom stereocenters. The summed E-state index contributed by atoms with van der Waals surface area (Å²) in [5, 5.41) is 24.9. The number of hydrogen-bond donors (Lipinski definition) is 2. The maximum Gasteiger partial charge on any atom is 0.313 e. The molecule has 6 saturated carbocycles. The molecule has 7 nitrogen and oxygen atoms in total. The number of halogens is 2. The third-order valence-electron chi connectivity index (χ3n) is 18.2. The SMILES string of the molecule is CC1=CCC[C@@]2(C)[C@@H](CC[C@@]2(O)CN(CC23CC4CC(CC(C4)C2)C3)C(=O)[C@@]23CC[C@@](C)(C(=O)O2)C3(C)C)c2ccc(cc2C(=O)Cc2c(F)cccc2Cl)C[C@@H](O)CC1. The number of Topliss-reactive ketones (excluding diaryl/α,β-unsaturated/α-hetero) is 1. The van der Waals surface area contributed by atoms with Gasteiger partial charge in [0.2, 0.25) is 0 Å². The first-order valence-electron chi connectivity index (χ1n) is 23.0. The van der Waals surface area contributed by atoms with Crippen LogP contribution in [0.5, 0.6) is 0 Å². The van der Waals surface area contributed by atoms with Gasteiger partial charge in [0, 0.05) is 39.9 Å². The highest BCUT2D eigenvalue weighted by Crippen LogP contribution is 2.67. The fraction of sp³-hybridized carbons (Fsp3) is 0.667. The lowest BCUT2D eigenvalue weighted by molar-refractivity contribution is -0.181. The topological polar surface area (TPSA) is 104 Å². The Bertz CT molecular complexity index is 2070. The van der Waals surface area contributed by atoms with Gasteiger partial charge in [0.1, 0.15) is 5.82 Å². The molecule has 9 heteroatoms. The molecule has 2 aromatic carbocycles. The number of hydrogen-bond acceptors (Lipinski definition) is 6. The molecule has 0 spiro atoms. The van der Waals surface area contributed by atoms with E-state index in [1.165, 1.54) is 37.0 Å². The molecule has 9 aliphatic rings. The van der Waals surface area contributed by atoms with Gasteiger partial charge in [-0.1, -0.05) is 62.2 Å². The van der Waals surface area contributed by atoms with Crippen molar-refractivity contribution in [3.05, 3.63) is 81.1 Å². The van der Waals surface area contributed by atoms with Crippen LogP contribution in [0.3, 0.4) is 0 Å². The Labute approximate surface area is 360 Å². The van der Waals surface area contributed by atoms with Gasteiger partial charge in [-0.15, -0.1) is 0 Å². The summed E-state index contributed by atoms with van der Waals surface area (Å²) in [5.74, 6) is 0.503. The number of aliphatic hydroxyl groups is 2. The Morgan fingerprint density at radius 3 is 2.27 bits per heavy atom. The highest BCUT2D eigenvalue weighted by molar-refractivity contribution is 6.31. The molecule has 6 atom stereocenters. The van der Waals surface area contributed by atoms with Crippen LogP contribution in [0.4, 0.5) is 4.39 Å². The van der Waals surface area contributed by atoms with Crippen LogP contribution in [0.15, 0.2) is 48.0 Å². The molecule has 1 aliphatic heterocycles. The second-order valence-electron chi connectivity index (χ2n) is 22.0. The highest BCUT2D eigenvalue weighted by Gasteiger charge is 2.76. The van der Waals surface area contributed by atoms with Gasteiger partial charge in [0.25, 0.3) is 5.91 Å². The van der Waals surface area contributed by atoms with Crippen molar-refractivity contribution in [1.29, 1.82) is 0 Å². The zero-order valence-corrected chi connectivity index (χ0v) is 37.1. The molecular weight excluding hydrogens is 777 g/mol. The van der Waals surface area contributed by atoms with Crippen LogP contribution in [0.2, 0.25) is 5.02 Å². The second-order valence-corrected chi connectivity index (χ2v) is 22.4. The first-order valence-corrected chi connectivity index (χ1v) is 23.4. The third kappa shape index (κ3) is 6.57. The Hall–Kier alpha value is -3.07. The first-order chi connectivity index (χ1) is 28.3. The van der Waals surface area contributed by atoms with Crippen LogP contribution < -0.4 is 0 Å². The summed E-state index contributed by atoms with van der Waals surface area (Å²) in [6, 6.07) is 10.3. The van der Waals surface area contributed by atoms with Gasteiger partial charge >= 0.3 is 5.97 Å². The molecule has 60 heavy (non-hydrogen) atoms. The Balaban J connectivity index is 1.13. The number of aliphatic hydroxyl groups excluding tert-OH is 1. The monoisotopic (exact) mass is 841 g/mol. The molecule has 8 aliphatic carbocycles. The number of allylic oxidation sites excluding steroid dienone is 2. The molecule has 2 N–H and O–H groups in total. The molecule has 2 aromatic rings. The Morgan fingerprint density at radius 1 is 0.933 bits per heavy atom. The van der Waals surface area contributed by atoms with Gasteiger partial charge in [-0.2, -0.15) is 0 Å². The second kappa shape index (κ2) is 14.8. The number of esters is 1. The molecule has 1 heterocycles. The van der Waals surface area contributed by atoms with Gasteiger partial charge in [0.15, 0.2) is 11.4 Å². The Morgan fingerprint density at radius 2 is 1.63 bits per heavy atom. The number of ether oxygens (including phenoxy) is 1. The number of carbonyl (C=O) groups excluding carboxylic acids is 3. The van der Waals surface area contributed by atoms with Gasteiger partial charge < -0.3 is 19.8 Å². The molecule has 11 rings (SSSR count). The van der Waals surface area contributed by atoms with E-state index in [-0.39, 0.29) is 52.5 Å². The quantitative estimate of drug-likeness (QED) is 0.156. The molecule has 8 bridgehead atoms. The summed E-state index contributed by atoms with van der Waals surface area (Å²) < 4.78 is 21.5.